The van der Waals surface area contributed by atoms with Crippen LogP contribution in [0.3, 0.4) is 0 Å². The number of nitro benzene ring substituents is 1. The van der Waals surface area contributed by atoms with Crippen molar-refractivity contribution >= 4 is 28.2 Å². The van der Waals surface area contributed by atoms with E-state index >= 15 is 0 Å². The number of aromatic nitrogens is 2. The summed E-state index contributed by atoms with van der Waals surface area (Å²) in [6, 6.07) is 9.63. The minimum atomic E-state index is -0.554. The molecule has 0 spiro atoms. The number of nitro groups is 1. The summed E-state index contributed by atoms with van der Waals surface area (Å²) in [6.07, 6.45) is 0. The Kier molecular flexibility index (Phi) is 5.08. The zero-order valence-corrected chi connectivity index (χ0v) is 15.6. The Morgan fingerprint density at radius 2 is 2.00 bits per heavy atom. The molecule has 28 heavy (non-hydrogen) atoms. The van der Waals surface area contributed by atoms with Gasteiger partial charge in [-0.3, -0.25) is 24.3 Å². The van der Waals surface area contributed by atoms with Crippen LogP contribution in [-0.2, 0) is 11.3 Å². The molecule has 0 aliphatic rings. The molecule has 0 atom stereocenters. The lowest BCUT2D eigenvalue weighted by Crippen LogP contribution is -2.30. The number of amides is 1. The predicted octanol–water partition coefficient (Wildman–Crippen LogP) is 2.57. The molecule has 9 heteroatoms. The molecule has 1 amide bonds. The molecule has 1 aromatic heterocycles. The molecule has 1 heterocycles. The third kappa shape index (κ3) is 3.54. The van der Waals surface area contributed by atoms with Crippen molar-refractivity contribution in [2.75, 3.05) is 12.4 Å². The number of carbonyl (C=O) groups excluding carboxylic acids is 1. The van der Waals surface area contributed by atoms with Crippen LogP contribution in [0.5, 0.6) is 5.75 Å². The van der Waals surface area contributed by atoms with E-state index < -0.39 is 10.8 Å². The van der Waals surface area contributed by atoms with Gasteiger partial charge < -0.3 is 10.1 Å². The summed E-state index contributed by atoms with van der Waals surface area (Å²) >= 11 is 0. The van der Waals surface area contributed by atoms with Gasteiger partial charge in [-0.1, -0.05) is 12.1 Å². The van der Waals surface area contributed by atoms with Crippen molar-refractivity contribution < 1.29 is 14.5 Å². The number of fused-ring (bicyclic) bond motifs is 1. The SMILES string of the molecule is COc1cc(NC(=O)Cn2c(C)nc3ccccc3c2=O)c(C)cc1[N+](=O)[O-]. The van der Waals surface area contributed by atoms with Crippen LogP contribution in [0, 0.1) is 24.0 Å². The Hall–Kier alpha value is -3.75. The second-order valence-electron chi connectivity index (χ2n) is 6.21. The van der Waals surface area contributed by atoms with Crippen LogP contribution in [-0.4, -0.2) is 27.5 Å². The van der Waals surface area contributed by atoms with E-state index in [1.807, 2.05) is 0 Å². The van der Waals surface area contributed by atoms with Crippen molar-refractivity contribution in [1.82, 2.24) is 9.55 Å². The lowest BCUT2D eigenvalue weighted by atomic mass is 10.1. The van der Waals surface area contributed by atoms with E-state index in [0.29, 0.717) is 28.0 Å². The molecule has 0 radical (unpaired) electrons. The van der Waals surface area contributed by atoms with E-state index in [1.54, 1.807) is 38.1 Å². The first-order valence-corrected chi connectivity index (χ1v) is 8.41. The Bertz CT molecular complexity index is 1150. The van der Waals surface area contributed by atoms with Crippen LogP contribution in [0.25, 0.3) is 10.9 Å². The molecule has 9 nitrogen and oxygen atoms in total. The van der Waals surface area contributed by atoms with Gasteiger partial charge in [0.2, 0.25) is 5.91 Å². The van der Waals surface area contributed by atoms with Crippen LogP contribution in [0.2, 0.25) is 0 Å². The third-order valence-corrected chi connectivity index (χ3v) is 4.35. The molecule has 2 aromatic carbocycles. The normalized spacial score (nSPS) is 10.7. The summed E-state index contributed by atoms with van der Waals surface area (Å²) in [5.74, 6) is -0.00948. The monoisotopic (exact) mass is 382 g/mol. The Labute approximate surface area is 159 Å². The van der Waals surface area contributed by atoms with Gasteiger partial charge in [0.05, 0.1) is 22.9 Å². The summed E-state index contributed by atoms with van der Waals surface area (Å²) in [5.41, 5.74) is 0.936. The molecule has 1 N–H and O–H groups in total. The number of hydrogen-bond acceptors (Lipinski definition) is 6. The molecule has 0 unspecified atom stereocenters. The lowest BCUT2D eigenvalue weighted by Gasteiger charge is -2.13. The van der Waals surface area contributed by atoms with Gasteiger partial charge in [0.25, 0.3) is 5.56 Å². The van der Waals surface area contributed by atoms with Crippen LogP contribution < -0.4 is 15.6 Å². The number of carbonyl (C=O) groups is 1. The number of nitrogens with zero attached hydrogens (tertiary/aromatic N) is 3. The predicted molar refractivity (Wildman–Crippen MR) is 104 cm³/mol. The summed E-state index contributed by atoms with van der Waals surface area (Å²) in [5, 5.41) is 14.2. The summed E-state index contributed by atoms with van der Waals surface area (Å²) < 4.78 is 6.32. The van der Waals surface area contributed by atoms with E-state index in [0.717, 1.165) is 0 Å². The number of aryl methyl sites for hydroxylation is 2. The highest BCUT2D eigenvalue weighted by atomic mass is 16.6. The number of methoxy groups -OCH3 is 1. The first-order valence-electron chi connectivity index (χ1n) is 8.41. The number of hydrogen-bond donors (Lipinski definition) is 1. The maximum absolute atomic E-state index is 12.7. The van der Waals surface area contributed by atoms with Gasteiger partial charge in [0.15, 0.2) is 5.75 Å². The summed E-state index contributed by atoms with van der Waals surface area (Å²) in [4.78, 5) is 40.1. The number of ether oxygens (including phenoxy) is 1. The van der Waals surface area contributed by atoms with Gasteiger partial charge in [0.1, 0.15) is 12.4 Å². The van der Waals surface area contributed by atoms with Crippen LogP contribution in [0.4, 0.5) is 11.4 Å². The largest absolute Gasteiger partial charge is 0.490 e. The zero-order chi connectivity index (χ0) is 20.4. The molecule has 0 saturated heterocycles. The highest BCUT2D eigenvalue weighted by molar-refractivity contribution is 5.92. The van der Waals surface area contributed by atoms with Crippen molar-refractivity contribution in [3.05, 3.63) is 68.3 Å². The van der Waals surface area contributed by atoms with Gasteiger partial charge in [-0.25, -0.2) is 4.98 Å². The van der Waals surface area contributed by atoms with Crippen molar-refractivity contribution in [2.45, 2.75) is 20.4 Å². The Balaban J connectivity index is 1.90. The maximum Gasteiger partial charge on any atom is 0.311 e. The van der Waals surface area contributed by atoms with Crippen molar-refractivity contribution in [2.24, 2.45) is 0 Å². The fourth-order valence-electron chi connectivity index (χ4n) is 2.91. The molecular weight excluding hydrogens is 364 g/mol. The van der Waals surface area contributed by atoms with Crippen molar-refractivity contribution in [3.63, 3.8) is 0 Å². The van der Waals surface area contributed by atoms with Gasteiger partial charge in [-0.2, -0.15) is 0 Å². The van der Waals surface area contributed by atoms with Gasteiger partial charge in [0, 0.05) is 17.8 Å². The van der Waals surface area contributed by atoms with E-state index in [1.165, 1.54) is 23.8 Å². The highest BCUT2D eigenvalue weighted by Gasteiger charge is 2.19. The Morgan fingerprint density at radius 1 is 1.29 bits per heavy atom. The molecule has 144 valence electrons. The van der Waals surface area contributed by atoms with Crippen molar-refractivity contribution in [1.29, 1.82) is 0 Å². The number of para-hydroxylation sites is 1. The van der Waals surface area contributed by atoms with Crippen molar-refractivity contribution in [3.8, 4) is 5.75 Å². The maximum atomic E-state index is 12.7. The Morgan fingerprint density at radius 3 is 2.68 bits per heavy atom. The zero-order valence-electron chi connectivity index (χ0n) is 15.6. The molecule has 0 bridgehead atoms. The average Bonchev–Trinajstić information content (AvgIpc) is 2.66. The molecule has 0 aliphatic carbocycles. The van der Waals surface area contributed by atoms with E-state index in [-0.39, 0.29) is 23.5 Å². The standard InChI is InChI=1S/C19H18N4O5/c1-11-8-16(23(26)27)17(28-3)9-15(11)21-18(24)10-22-12(2)20-14-7-5-4-6-13(14)19(22)25/h4-9H,10H2,1-3H3,(H,21,24). The molecule has 0 fully saturated rings. The second-order valence-corrected chi connectivity index (χ2v) is 6.21. The average molecular weight is 382 g/mol. The fourth-order valence-corrected chi connectivity index (χ4v) is 2.91. The molecule has 0 aliphatic heterocycles. The second kappa shape index (κ2) is 7.47. The number of rotatable bonds is 5. The van der Waals surface area contributed by atoms with Crippen LogP contribution in [0.1, 0.15) is 11.4 Å². The van der Waals surface area contributed by atoms with E-state index in [2.05, 4.69) is 10.3 Å². The fraction of sp³-hybridized carbons (Fsp3) is 0.211. The molecular formula is C19H18N4O5. The van der Waals surface area contributed by atoms with Gasteiger partial charge in [-0.05, 0) is 31.5 Å². The number of nitrogens with one attached hydrogen (secondary N) is 1. The molecule has 0 saturated carbocycles. The number of benzene rings is 2. The summed E-state index contributed by atoms with van der Waals surface area (Å²) in [6.45, 7) is 3.06. The van der Waals surface area contributed by atoms with E-state index in [4.69, 9.17) is 4.74 Å². The van der Waals surface area contributed by atoms with Crippen LogP contribution in [0.15, 0.2) is 41.2 Å². The minimum Gasteiger partial charge on any atom is -0.490 e. The third-order valence-electron chi connectivity index (χ3n) is 4.35. The molecule has 3 rings (SSSR count). The quantitative estimate of drug-likeness (QED) is 0.535. The van der Waals surface area contributed by atoms with Gasteiger partial charge in [-0.15, -0.1) is 0 Å². The summed E-state index contributed by atoms with van der Waals surface area (Å²) in [7, 11) is 1.31. The van der Waals surface area contributed by atoms with Gasteiger partial charge >= 0.3 is 5.69 Å². The van der Waals surface area contributed by atoms with E-state index in [9.17, 15) is 19.7 Å². The first kappa shape index (κ1) is 19.0. The molecule has 3 aromatic rings. The smallest absolute Gasteiger partial charge is 0.311 e. The number of anilines is 1. The topological polar surface area (TPSA) is 116 Å². The highest BCUT2D eigenvalue weighted by Crippen LogP contribution is 2.32. The minimum absolute atomic E-state index is 0.0339. The first-order chi connectivity index (χ1) is 13.3. The van der Waals surface area contributed by atoms with Crippen LogP contribution >= 0.6 is 0 Å². The lowest BCUT2D eigenvalue weighted by molar-refractivity contribution is -0.385.